The van der Waals surface area contributed by atoms with Crippen LogP contribution in [0, 0.1) is 5.82 Å². The van der Waals surface area contributed by atoms with Crippen molar-refractivity contribution >= 4 is 34.1 Å². The lowest BCUT2D eigenvalue weighted by molar-refractivity contribution is -0.143. The molecule has 4 nitrogen and oxygen atoms in total. The van der Waals surface area contributed by atoms with E-state index in [1.807, 2.05) is 30.3 Å². The van der Waals surface area contributed by atoms with Crippen molar-refractivity contribution in [1.82, 2.24) is 9.88 Å². The van der Waals surface area contributed by atoms with Gasteiger partial charge in [-0.3, -0.25) is 4.79 Å². The van der Waals surface area contributed by atoms with Gasteiger partial charge in [0.25, 0.3) is 0 Å². The van der Waals surface area contributed by atoms with Crippen LogP contribution in [-0.4, -0.2) is 41.0 Å². The first-order valence-electron chi connectivity index (χ1n) is 8.56. The van der Waals surface area contributed by atoms with E-state index < -0.39 is 0 Å². The fourth-order valence-corrected chi connectivity index (χ4v) is 3.03. The lowest BCUT2D eigenvalue weighted by Crippen LogP contribution is -2.32. The molecule has 0 N–H and O–H groups in total. The number of fused-ring (bicyclic) bond motifs is 1. The summed E-state index contributed by atoms with van der Waals surface area (Å²) in [6.07, 6.45) is 0. The third-order valence-corrected chi connectivity index (χ3v) is 4.64. The molecule has 3 rings (SSSR count). The highest BCUT2D eigenvalue weighted by molar-refractivity contribution is 7.80. The molecule has 1 heterocycles. The van der Waals surface area contributed by atoms with E-state index in [0.29, 0.717) is 17.3 Å². The standard InChI is InChI=1S/C21H19FN2O2S/c1-3-26-20(25)13-24(2)21(27)17-12-19(14-8-10-15(22)11-9-14)23-18-7-5-4-6-16(17)18/h4-12H,3,13H2,1-2H3. The van der Waals surface area contributed by atoms with Gasteiger partial charge in [-0.15, -0.1) is 0 Å². The van der Waals surface area contributed by atoms with Crippen molar-refractivity contribution in [3.8, 4) is 11.3 Å². The number of hydrogen-bond acceptors (Lipinski definition) is 4. The van der Waals surface area contributed by atoms with Gasteiger partial charge in [0.2, 0.25) is 0 Å². The van der Waals surface area contributed by atoms with Crippen molar-refractivity contribution in [2.45, 2.75) is 6.92 Å². The fourth-order valence-electron chi connectivity index (χ4n) is 2.80. The Morgan fingerprint density at radius 2 is 1.89 bits per heavy atom. The molecule has 0 spiro atoms. The first-order valence-corrected chi connectivity index (χ1v) is 8.97. The summed E-state index contributed by atoms with van der Waals surface area (Å²) in [6.45, 7) is 2.16. The minimum Gasteiger partial charge on any atom is -0.465 e. The minimum atomic E-state index is -0.334. The molecular weight excluding hydrogens is 363 g/mol. The summed E-state index contributed by atoms with van der Waals surface area (Å²) in [7, 11) is 1.76. The minimum absolute atomic E-state index is 0.0647. The van der Waals surface area contributed by atoms with Gasteiger partial charge in [-0.25, -0.2) is 9.37 Å². The molecule has 0 saturated carbocycles. The van der Waals surface area contributed by atoms with Crippen LogP contribution in [0.1, 0.15) is 12.5 Å². The van der Waals surface area contributed by atoms with E-state index in [1.165, 1.54) is 12.1 Å². The molecule has 2 aromatic carbocycles. The molecule has 0 aliphatic rings. The van der Waals surface area contributed by atoms with Gasteiger partial charge < -0.3 is 9.64 Å². The number of pyridine rings is 1. The summed E-state index contributed by atoms with van der Waals surface area (Å²) in [5.41, 5.74) is 3.05. The molecule has 6 heteroatoms. The topological polar surface area (TPSA) is 42.4 Å². The number of esters is 1. The first-order chi connectivity index (χ1) is 13.0. The lowest BCUT2D eigenvalue weighted by Gasteiger charge is -2.20. The van der Waals surface area contributed by atoms with Crippen molar-refractivity contribution in [3.63, 3.8) is 0 Å². The number of halogens is 1. The molecule has 0 bridgehead atoms. The molecule has 0 unspecified atom stereocenters. The first kappa shape index (κ1) is 18.9. The van der Waals surface area contributed by atoms with E-state index in [1.54, 1.807) is 31.0 Å². The van der Waals surface area contributed by atoms with E-state index in [4.69, 9.17) is 17.0 Å². The zero-order chi connectivity index (χ0) is 19.4. The molecule has 0 fully saturated rings. The van der Waals surface area contributed by atoms with Crippen molar-refractivity contribution < 1.29 is 13.9 Å². The van der Waals surface area contributed by atoms with E-state index in [9.17, 15) is 9.18 Å². The number of aromatic nitrogens is 1. The Bertz CT molecular complexity index is 989. The highest BCUT2D eigenvalue weighted by Gasteiger charge is 2.16. The normalized spacial score (nSPS) is 10.6. The van der Waals surface area contributed by atoms with Gasteiger partial charge in [-0.05, 0) is 43.3 Å². The average molecular weight is 382 g/mol. The quantitative estimate of drug-likeness (QED) is 0.488. The molecule has 0 atom stereocenters. The summed E-state index contributed by atoms with van der Waals surface area (Å²) < 4.78 is 18.3. The number of rotatable bonds is 5. The maximum Gasteiger partial charge on any atom is 0.325 e. The number of likely N-dealkylation sites (N-methyl/N-ethyl adjacent to an activating group) is 1. The van der Waals surface area contributed by atoms with Crippen LogP contribution in [0.2, 0.25) is 0 Å². The summed E-state index contributed by atoms with van der Waals surface area (Å²) in [6, 6.07) is 15.7. The van der Waals surface area contributed by atoms with Gasteiger partial charge in [-0.1, -0.05) is 30.4 Å². The predicted octanol–water partition coefficient (Wildman–Crippen LogP) is 4.21. The third-order valence-electron chi connectivity index (χ3n) is 4.10. The molecule has 0 saturated heterocycles. The smallest absolute Gasteiger partial charge is 0.325 e. The second-order valence-electron chi connectivity index (χ2n) is 6.05. The van der Waals surface area contributed by atoms with Gasteiger partial charge in [0, 0.05) is 23.6 Å². The fraction of sp³-hybridized carbons (Fsp3) is 0.190. The van der Waals surface area contributed by atoms with Gasteiger partial charge in [0.05, 0.1) is 17.8 Å². The molecule has 0 amide bonds. The molecule has 138 valence electrons. The number of hydrogen-bond donors (Lipinski definition) is 0. The number of para-hydroxylation sites is 1. The van der Waals surface area contributed by atoms with E-state index in [2.05, 4.69) is 4.98 Å². The van der Waals surface area contributed by atoms with Gasteiger partial charge in [0.1, 0.15) is 17.4 Å². The van der Waals surface area contributed by atoms with E-state index in [-0.39, 0.29) is 18.3 Å². The van der Waals surface area contributed by atoms with Crippen LogP contribution in [0.4, 0.5) is 4.39 Å². The summed E-state index contributed by atoms with van der Waals surface area (Å²) in [5, 5.41) is 0.893. The molecule has 1 aromatic heterocycles. The Hall–Kier alpha value is -2.86. The zero-order valence-corrected chi connectivity index (χ0v) is 15.9. The second kappa shape index (κ2) is 8.22. The summed E-state index contributed by atoms with van der Waals surface area (Å²) in [5.74, 6) is -0.635. The maximum absolute atomic E-state index is 13.3. The highest BCUT2D eigenvalue weighted by Crippen LogP contribution is 2.26. The Morgan fingerprint density at radius 3 is 2.59 bits per heavy atom. The molecule has 27 heavy (non-hydrogen) atoms. The number of nitrogens with zero attached hydrogens (tertiary/aromatic N) is 2. The van der Waals surface area contributed by atoms with E-state index >= 15 is 0 Å². The van der Waals surface area contributed by atoms with Crippen LogP contribution < -0.4 is 0 Å². The Balaban J connectivity index is 2.04. The lowest BCUT2D eigenvalue weighted by atomic mass is 10.0. The predicted molar refractivity (Wildman–Crippen MR) is 108 cm³/mol. The molecule has 0 aliphatic heterocycles. The number of carbonyl (C=O) groups is 1. The number of thiocarbonyl (C=S) groups is 1. The SMILES string of the molecule is CCOC(=O)CN(C)C(=S)c1cc(-c2ccc(F)cc2)nc2ccccc12. The number of benzene rings is 2. The van der Waals surface area contributed by atoms with Crippen LogP contribution in [0.25, 0.3) is 22.2 Å². The Labute approximate surface area is 162 Å². The van der Waals surface area contributed by atoms with Crippen LogP contribution in [0.15, 0.2) is 54.6 Å². The molecule has 0 aliphatic carbocycles. The average Bonchev–Trinajstić information content (AvgIpc) is 2.67. The van der Waals surface area contributed by atoms with Gasteiger partial charge in [-0.2, -0.15) is 0 Å². The van der Waals surface area contributed by atoms with Crippen LogP contribution in [-0.2, 0) is 9.53 Å². The summed E-state index contributed by atoms with van der Waals surface area (Å²) >= 11 is 5.63. The van der Waals surface area contributed by atoms with Gasteiger partial charge >= 0.3 is 5.97 Å². The summed E-state index contributed by atoms with van der Waals surface area (Å²) in [4.78, 5) is 18.7. The molecule has 3 aromatic rings. The van der Waals surface area contributed by atoms with Crippen molar-refractivity contribution in [1.29, 1.82) is 0 Å². The van der Waals surface area contributed by atoms with Crippen LogP contribution >= 0.6 is 12.2 Å². The Morgan fingerprint density at radius 1 is 1.19 bits per heavy atom. The molecule has 0 radical (unpaired) electrons. The zero-order valence-electron chi connectivity index (χ0n) is 15.1. The van der Waals surface area contributed by atoms with Crippen molar-refractivity contribution in [3.05, 3.63) is 66.0 Å². The number of ether oxygens (including phenoxy) is 1. The van der Waals surface area contributed by atoms with Crippen molar-refractivity contribution in [2.24, 2.45) is 0 Å². The second-order valence-corrected chi connectivity index (χ2v) is 6.43. The monoisotopic (exact) mass is 382 g/mol. The Kier molecular flexibility index (Phi) is 5.76. The highest BCUT2D eigenvalue weighted by atomic mass is 32.1. The largest absolute Gasteiger partial charge is 0.465 e. The van der Waals surface area contributed by atoms with Crippen LogP contribution in [0.3, 0.4) is 0 Å². The van der Waals surface area contributed by atoms with Gasteiger partial charge in [0.15, 0.2) is 0 Å². The third kappa shape index (κ3) is 4.28. The van der Waals surface area contributed by atoms with Crippen molar-refractivity contribution in [2.75, 3.05) is 20.2 Å². The molecular formula is C21H19FN2O2S. The maximum atomic E-state index is 13.3. The number of carbonyl (C=O) groups excluding carboxylic acids is 1. The van der Waals surface area contributed by atoms with E-state index in [0.717, 1.165) is 22.0 Å². The van der Waals surface area contributed by atoms with Crippen LogP contribution in [0.5, 0.6) is 0 Å².